The lowest BCUT2D eigenvalue weighted by molar-refractivity contribution is -0.0389. The molecule has 0 atom stereocenters. The summed E-state index contributed by atoms with van der Waals surface area (Å²) in [6, 6.07) is 0. The average molecular weight is 184 g/mol. The summed E-state index contributed by atoms with van der Waals surface area (Å²) in [5.41, 5.74) is 0. The minimum Gasteiger partial charge on any atom is -0.351 e. The SMILES string of the molecule is O=P(O)(O)OF.c1c[nH]cn1. The average Bonchev–Trinajstić information content (AvgIpc) is 2.41. The predicted octanol–water partition coefficient (Wildman–Crippen LogP) is 0.390. The van der Waals surface area contributed by atoms with Gasteiger partial charge in [0, 0.05) is 12.4 Å². The predicted molar refractivity (Wildman–Crippen MR) is 32.8 cm³/mol. The molecule has 0 saturated carbocycles. The number of hydrogen-bond donors (Lipinski definition) is 3. The van der Waals surface area contributed by atoms with E-state index in [0.29, 0.717) is 0 Å². The van der Waals surface area contributed by atoms with Gasteiger partial charge >= 0.3 is 7.82 Å². The van der Waals surface area contributed by atoms with E-state index in [4.69, 9.17) is 14.4 Å². The molecule has 0 amide bonds. The number of H-pyrrole nitrogens is 1. The maximum absolute atomic E-state index is 10.2. The Labute approximate surface area is 61.2 Å². The van der Waals surface area contributed by atoms with Gasteiger partial charge in [0.25, 0.3) is 0 Å². The Bertz CT molecular complexity index is 192. The number of phosphoric acid groups is 1. The highest BCUT2D eigenvalue weighted by Crippen LogP contribution is 2.35. The molecule has 0 unspecified atom stereocenters. The quantitative estimate of drug-likeness (QED) is 0.548. The van der Waals surface area contributed by atoms with Gasteiger partial charge in [-0.05, 0) is 4.53 Å². The smallest absolute Gasteiger partial charge is 0.351 e. The molecule has 0 aliphatic heterocycles. The van der Waals surface area contributed by atoms with Gasteiger partial charge in [-0.3, -0.25) is 0 Å². The third-order valence-electron chi connectivity index (χ3n) is 0.496. The van der Waals surface area contributed by atoms with E-state index in [2.05, 4.69) is 14.7 Å². The van der Waals surface area contributed by atoms with Gasteiger partial charge in [0.05, 0.1) is 6.33 Å². The van der Waals surface area contributed by atoms with Gasteiger partial charge in [0.15, 0.2) is 0 Å². The number of rotatable bonds is 1. The van der Waals surface area contributed by atoms with Crippen molar-refractivity contribution in [2.75, 3.05) is 0 Å². The largest absolute Gasteiger partial charge is 0.500 e. The van der Waals surface area contributed by atoms with Crippen molar-refractivity contribution < 1.29 is 23.6 Å². The molecule has 11 heavy (non-hydrogen) atoms. The molecule has 0 aliphatic carbocycles. The maximum Gasteiger partial charge on any atom is 0.500 e. The fourth-order valence-corrected chi connectivity index (χ4v) is 0.215. The summed E-state index contributed by atoms with van der Waals surface area (Å²) in [5.74, 6) is 0. The van der Waals surface area contributed by atoms with Gasteiger partial charge in [-0.15, -0.1) is 0 Å². The molecule has 0 spiro atoms. The first-order valence-electron chi connectivity index (χ1n) is 2.35. The van der Waals surface area contributed by atoms with Crippen LogP contribution in [0.15, 0.2) is 18.7 Å². The van der Waals surface area contributed by atoms with E-state index in [1.165, 1.54) is 0 Å². The summed E-state index contributed by atoms with van der Waals surface area (Å²) in [4.78, 5) is 21.1. The third-order valence-corrected chi connectivity index (χ3v) is 0.676. The maximum atomic E-state index is 10.2. The molecule has 1 rings (SSSR count). The topological polar surface area (TPSA) is 95.4 Å². The molecule has 8 heteroatoms. The van der Waals surface area contributed by atoms with Crippen LogP contribution in [0.5, 0.6) is 0 Å². The molecule has 3 N–H and O–H groups in total. The van der Waals surface area contributed by atoms with Crippen molar-refractivity contribution in [3.8, 4) is 0 Å². The van der Waals surface area contributed by atoms with Crippen LogP contribution in [0.4, 0.5) is 4.53 Å². The van der Waals surface area contributed by atoms with E-state index >= 15 is 0 Å². The molecule has 6 nitrogen and oxygen atoms in total. The molecular weight excluding hydrogens is 178 g/mol. The highest BCUT2D eigenvalue weighted by atomic mass is 31.2. The normalized spacial score (nSPS) is 10.1. The fourth-order valence-electron chi connectivity index (χ4n) is 0.215. The van der Waals surface area contributed by atoms with Crippen LogP contribution in [0.25, 0.3) is 0 Å². The van der Waals surface area contributed by atoms with E-state index in [-0.39, 0.29) is 0 Å². The molecule has 1 aromatic rings. The molecule has 0 saturated heterocycles. The van der Waals surface area contributed by atoms with E-state index in [0.717, 1.165) is 0 Å². The molecule has 64 valence electrons. The van der Waals surface area contributed by atoms with Crippen molar-refractivity contribution in [1.82, 2.24) is 9.97 Å². The van der Waals surface area contributed by atoms with Crippen molar-refractivity contribution >= 4 is 7.82 Å². The standard InChI is InChI=1S/C3H4N2.FH2O4P/c1-2-5-3-4-1;1-5-6(2,3)4/h1-3H,(H,4,5);(H2,2,3,4). The number of halogens is 1. The van der Waals surface area contributed by atoms with Gasteiger partial charge in [-0.25, -0.2) is 9.55 Å². The fraction of sp³-hybridized carbons (Fsp3) is 0. The van der Waals surface area contributed by atoms with E-state index in [1.54, 1.807) is 18.7 Å². The molecule has 0 radical (unpaired) electrons. The second-order valence-electron chi connectivity index (χ2n) is 1.32. The van der Waals surface area contributed by atoms with Crippen LogP contribution in [0.2, 0.25) is 0 Å². The lowest BCUT2D eigenvalue weighted by Gasteiger charge is -1.87. The van der Waals surface area contributed by atoms with Crippen molar-refractivity contribution in [3.63, 3.8) is 0 Å². The zero-order valence-corrected chi connectivity index (χ0v) is 6.11. The van der Waals surface area contributed by atoms with Crippen LogP contribution in [0.3, 0.4) is 0 Å². The lowest BCUT2D eigenvalue weighted by Crippen LogP contribution is -1.71. The number of hydrogen-bond acceptors (Lipinski definition) is 3. The van der Waals surface area contributed by atoms with Gasteiger partial charge in [-0.1, -0.05) is 4.73 Å². The van der Waals surface area contributed by atoms with Crippen molar-refractivity contribution in [1.29, 1.82) is 0 Å². The second-order valence-corrected chi connectivity index (χ2v) is 2.44. The molecule has 0 aliphatic rings. The minimum absolute atomic E-state index is 1.62. The number of aromatic nitrogens is 2. The summed E-state index contributed by atoms with van der Waals surface area (Å²) in [6.07, 6.45) is 5.08. The van der Waals surface area contributed by atoms with Crippen LogP contribution < -0.4 is 0 Å². The first-order chi connectivity index (χ1) is 5.06. The number of nitrogens with one attached hydrogen (secondary N) is 1. The van der Waals surface area contributed by atoms with Gasteiger partial charge in [-0.2, -0.15) is 0 Å². The minimum atomic E-state index is -4.81. The Morgan fingerprint density at radius 3 is 2.27 bits per heavy atom. The Hall–Kier alpha value is -0.750. The van der Waals surface area contributed by atoms with Crippen LogP contribution in [0, 0.1) is 0 Å². The third kappa shape index (κ3) is 9.25. The van der Waals surface area contributed by atoms with Gasteiger partial charge in [0.1, 0.15) is 0 Å². The van der Waals surface area contributed by atoms with E-state index < -0.39 is 7.82 Å². The van der Waals surface area contributed by atoms with Crippen molar-refractivity contribution in [2.24, 2.45) is 0 Å². The Morgan fingerprint density at radius 2 is 2.18 bits per heavy atom. The number of aromatic amines is 1. The number of nitrogens with zero attached hydrogens (tertiary/aromatic N) is 1. The zero-order chi connectivity index (χ0) is 8.74. The zero-order valence-electron chi connectivity index (χ0n) is 5.22. The first-order valence-corrected chi connectivity index (χ1v) is 3.88. The van der Waals surface area contributed by atoms with Gasteiger partial charge < -0.3 is 14.8 Å². The van der Waals surface area contributed by atoms with Crippen LogP contribution in [-0.2, 0) is 9.29 Å². The van der Waals surface area contributed by atoms with Gasteiger partial charge in [0.2, 0.25) is 0 Å². The highest BCUT2D eigenvalue weighted by molar-refractivity contribution is 7.46. The highest BCUT2D eigenvalue weighted by Gasteiger charge is 2.12. The van der Waals surface area contributed by atoms with Crippen molar-refractivity contribution in [3.05, 3.63) is 18.7 Å². The van der Waals surface area contributed by atoms with E-state index in [1.807, 2.05) is 0 Å². The Kier molecular flexibility index (Phi) is 4.64. The van der Waals surface area contributed by atoms with Crippen LogP contribution in [0.1, 0.15) is 0 Å². The summed E-state index contributed by atoms with van der Waals surface area (Å²) in [6.45, 7) is 0. The summed E-state index contributed by atoms with van der Waals surface area (Å²) >= 11 is 0. The summed E-state index contributed by atoms with van der Waals surface area (Å²) < 4.78 is 21.4. The van der Waals surface area contributed by atoms with E-state index in [9.17, 15) is 4.53 Å². The summed E-state index contributed by atoms with van der Waals surface area (Å²) in [7, 11) is -4.81. The van der Waals surface area contributed by atoms with Crippen LogP contribution in [-0.4, -0.2) is 19.8 Å². The lowest BCUT2D eigenvalue weighted by atomic mass is 11.0. The Balaban J connectivity index is 0.000000183. The Morgan fingerprint density at radius 1 is 1.64 bits per heavy atom. The molecule has 0 bridgehead atoms. The molecule has 0 fully saturated rings. The molecule has 0 aromatic carbocycles. The van der Waals surface area contributed by atoms with Crippen molar-refractivity contribution in [2.45, 2.75) is 0 Å². The monoisotopic (exact) mass is 184 g/mol. The molecule has 1 heterocycles. The second kappa shape index (κ2) is 4.97. The molecule has 1 aromatic heterocycles. The number of imidazole rings is 1. The summed E-state index contributed by atoms with van der Waals surface area (Å²) in [5, 5.41) is 0. The first kappa shape index (κ1) is 10.2. The van der Waals surface area contributed by atoms with Crippen LogP contribution >= 0.6 is 7.82 Å². The molecular formula is C3H6FN2O4P.